The lowest BCUT2D eigenvalue weighted by molar-refractivity contribution is -0.271. The van der Waals surface area contributed by atoms with Gasteiger partial charge in [0.2, 0.25) is 0 Å². The highest BCUT2D eigenvalue weighted by molar-refractivity contribution is 5.91. The fourth-order valence-corrected chi connectivity index (χ4v) is 1.36. The number of carbonyl (C=O) groups is 1. The molecule has 0 amide bonds. The van der Waals surface area contributed by atoms with Crippen LogP contribution in [0.1, 0.15) is 29.3 Å². The highest BCUT2D eigenvalue weighted by Gasteiger charge is 2.15. The van der Waals surface area contributed by atoms with Gasteiger partial charge in [0.05, 0.1) is 5.56 Å². The molecule has 5 heteroatoms. The molecule has 0 aliphatic heterocycles. The van der Waals surface area contributed by atoms with Crippen molar-refractivity contribution in [1.29, 1.82) is 0 Å². The number of aromatic carboxylic acids is 1. The maximum atomic E-state index is 11.4. The number of benzene rings is 1. The highest BCUT2D eigenvalue weighted by Crippen LogP contribution is 2.38. The predicted molar refractivity (Wildman–Crippen MR) is 50.2 cm³/mol. The lowest BCUT2D eigenvalue weighted by atomic mass is 10.0. The van der Waals surface area contributed by atoms with Crippen molar-refractivity contribution in [1.82, 2.24) is 0 Å². The van der Waals surface area contributed by atoms with Gasteiger partial charge in [-0.05, 0) is 18.1 Å². The van der Waals surface area contributed by atoms with E-state index in [-0.39, 0.29) is 17.5 Å². The lowest BCUT2D eigenvalue weighted by Gasteiger charge is -2.18. The van der Waals surface area contributed by atoms with Crippen LogP contribution in [0.25, 0.3) is 0 Å². The first kappa shape index (κ1) is 11.2. The zero-order valence-corrected chi connectivity index (χ0v) is 8.15. The quantitative estimate of drug-likeness (QED) is 0.642. The van der Waals surface area contributed by atoms with Crippen LogP contribution in [-0.4, -0.2) is 21.3 Å². The predicted octanol–water partition coefficient (Wildman–Crippen LogP) is 0.822. The van der Waals surface area contributed by atoms with Crippen molar-refractivity contribution in [2.75, 3.05) is 0 Å². The van der Waals surface area contributed by atoms with Gasteiger partial charge in [-0.3, -0.25) is 0 Å². The van der Waals surface area contributed by atoms with E-state index in [0.717, 1.165) is 6.07 Å². The topological polar surface area (TPSA) is 101 Å². The molecule has 0 radical (unpaired) electrons. The molecule has 0 saturated heterocycles. The molecule has 0 aromatic heterocycles. The summed E-state index contributed by atoms with van der Waals surface area (Å²) in [4.78, 5) is 10.8. The van der Waals surface area contributed by atoms with Gasteiger partial charge in [-0.15, -0.1) is 0 Å². The van der Waals surface area contributed by atoms with E-state index in [0.29, 0.717) is 6.42 Å². The van der Waals surface area contributed by atoms with Crippen molar-refractivity contribution >= 4 is 5.97 Å². The first-order valence-electron chi connectivity index (χ1n) is 4.47. The average Bonchev–Trinajstić information content (AvgIpc) is 2.18. The van der Waals surface area contributed by atoms with Crippen LogP contribution in [0.4, 0.5) is 0 Å². The second-order valence-electron chi connectivity index (χ2n) is 3.15. The SMILES string of the molecule is CCCc1c(C(=O)O)cc(O)c(O)c1[O-]. The Morgan fingerprint density at radius 1 is 1.47 bits per heavy atom. The van der Waals surface area contributed by atoms with Crippen LogP contribution < -0.4 is 5.11 Å². The van der Waals surface area contributed by atoms with E-state index in [1.807, 2.05) is 0 Å². The third kappa shape index (κ3) is 1.96. The van der Waals surface area contributed by atoms with Gasteiger partial charge in [-0.25, -0.2) is 4.79 Å². The molecule has 0 saturated carbocycles. The number of phenols is 2. The molecule has 0 aliphatic carbocycles. The highest BCUT2D eigenvalue weighted by atomic mass is 16.4. The van der Waals surface area contributed by atoms with Crippen LogP contribution in [0.2, 0.25) is 0 Å². The van der Waals surface area contributed by atoms with E-state index in [1.165, 1.54) is 0 Å². The smallest absolute Gasteiger partial charge is 0.336 e. The van der Waals surface area contributed by atoms with Gasteiger partial charge in [0.15, 0.2) is 5.75 Å². The van der Waals surface area contributed by atoms with E-state index >= 15 is 0 Å². The second kappa shape index (κ2) is 4.08. The van der Waals surface area contributed by atoms with Gasteiger partial charge in [-0.2, -0.15) is 0 Å². The molecular formula is C10H11O5-. The number of rotatable bonds is 3. The summed E-state index contributed by atoms with van der Waals surface area (Å²) in [6, 6.07) is 0.893. The maximum Gasteiger partial charge on any atom is 0.336 e. The molecule has 0 aliphatic rings. The largest absolute Gasteiger partial charge is 0.870 e. The van der Waals surface area contributed by atoms with Crippen LogP contribution in [0.15, 0.2) is 6.07 Å². The van der Waals surface area contributed by atoms with Crippen LogP contribution in [0, 0.1) is 0 Å². The van der Waals surface area contributed by atoms with Gasteiger partial charge in [0.1, 0.15) is 5.75 Å². The Morgan fingerprint density at radius 2 is 2.07 bits per heavy atom. The zero-order valence-electron chi connectivity index (χ0n) is 8.15. The monoisotopic (exact) mass is 211 g/mol. The second-order valence-corrected chi connectivity index (χ2v) is 3.15. The van der Waals surface area contributed by atoms with Crippen molar-refractivity contribution in [2.45, 2.75) is 19.8 Å². The summed E-state index contributed by atoms with van der Waals surface area (Å²) in [5.74, 6) is -3.58. The summed E-state index contributed by atoms with van der Waals surface area (Å²) >= 11 is 0. The first-order valence-corrected chi connectivity index (χ1v) is 4.47. The molecule has 0 bridgehead atoms. The van der Waals surface area contributed by atoms with Crippen LogP contribution >= 0.6 is 0 Å². The Morgan fingerprint density at radius 3 is 2.53 bits per heavy atom. The standard InChI is InChI=1S/C10H12O5/c1-2-3-5-6(10(14)15)4-7(11)9(13)8(5)12/h4,11-13H,2-3H2,1H3,(H,14,15)/p-1. The molecule has 1 rings (SSSR count). The van der Waals surface area contributed by atoms with Crippen molar-refractivity contribution in [3.05, 3.63) is 17.2 Å². The Bertz CT molecular complexity index is 397. The summed E-state index contributed by atoms with van der Waals surface area (Å²) < 4.78 is 0. The number of phenolic OH excluding ortho intramolecular Hbond substituents is 2. The van der Waals surface area contributed by atoms with Gasteiger partial charge < -0.3 is 20.4 Å². The molecule has 82 valence electrons. The molecule has 1 aromatic carbocycles. The number of carboxylic acids is 1. The summed E-state index contributed by atoms with van der Waals surface area (Å²) in [5.41, 5.74) is -0.225. The van der Waals surface area contributed by atoms with Gasteiger partial charge in [0, 0.05) is 0 Å². The fourth-order valence-electron chi connectivity index (χ4n) is 1.36. The Hall–Kier alpha value is -1.91. The molecular weight excluding hydrogens is 200 g/mol. The Balaban J connectivity index is 3.43. The molecule has 0 heterocycles. The minimum Gasteiger partial charge on any atom is -0.870 e. The summed E-state index contributed by atoms with van der Waals surface area (Å²) in [5, 5.41) is 38.5. The minimum absolute atomic E-state index is 0.0281. The third-order valence-corrected chi connectivity index (χ3v) is 2.07. The Labute approximate surface area is 86.2 Å². The van der Waals surface area contributed by atoms with Gasteiger partial charge in [0.25, 0.3) is 0 Å². The van der Waals surface area contributed by atoms with Crippen molar-refractivity contribution < 1.29 is 25.2 Å². The van der Waals surface area contributed by atoms with E-state index in [9.17, 15) is 9.90 Å². The first-order chi connectivity index (χ1) is 6.99. The summed E-state index contributed by atoms with van der Waals surface area (Å²) in [6.07, 6.45) is 0.841. The third-order valence-electron chi connectivity index (χ3n) is 2.07. The van der Waals surface area contributed by atoms with Gasteiger partial charge >= 0.3 is 5.97 Å². The molecule has 0 unspecified atom stereocenters. The number of hydrogen-bond donors (Lipinski definition) is 3. The van der Waals surface area contributed by atoms with Crippen LogP contribution in [0.3, 0.4) is 0 Å². The molecule has 5 nitrogen and oxygen atoms in total. The van der Waals surface area contributed by atoms with E-state index in [2.05, 4.69) is 0 Å². The maximum absolute atomic E-state index is 11.4. The van der Waals surface area contributed by atoms with Gasteiger partial charge in [-0.1, -0.05) is 19.1 Å². The summed E-state index contributed by atoms with van der Waals surface area (Å²) in [7, 11) is 0. The number of carboxylic acid groups (broad SMARTS) is 1. The molecule has 1 aromatic rings. The van der Waals surface area contributed by atoms with Crippen molar-refractivity contribution in [3.8, 4) is 17.2 Å². The lowest BCUT2D eigenvalue weighted by Crippen LogP contribution is -2.07. The minimum atomic E-state index is -1.29. The fraction of sp³-hybridized carbons (Fsp3) is 0.300. The molecule has 0 atom stereocenters. The van der Waals surface area contributed by atoms with Crippen molar-refractivity contribution in [2.24, 2.45) is 0 Å². The van der Waals surface area contributed by atoms with E-state index in [1.54, 1.807) is 6.92 Å². The zero-order chi connectivity index (χ0) is 11.6. The van der Waals surface area contributed by atoms with E-state index < -0.39 is 23.2 Å². The summed E-state index contributed by atoms with van der Waals surface area (Å²) in [6.45, 7) is 1.79. The van der Waals surface area contributed by atoms with Crippen molar-refractivity contribution in [3.63, 3.8) is 0 Å². The number of hydrogen-bond acceptors (Lipinski definition) is 4. The molecule has 0 fully saturated rings. The average molecular weight is 211 g/mol. The van der Waals surface area contributed by atoms with Crippen LogP contribution in [0.5, 0.6) is 17.2 Å². The van der Waals surface area contributed by atoms with Crippen LogP contribution in [-0.2, 0) is 6.42 Å². The normalized spacial score (nSPS) is 10.2. The molecule has 3 N–H and O–H groups in total. The number of aromatic hydroxyl groups is 2. The molecule has 15 heavy (non-hydrogen) atoms. The van der Waals surface area contributed by atoms with E-state index in [4.69, 9.17) is 15.3 Å². The molecule has 0 spiro atoms. The Kier molecular flexibility index (Phi) is 3.04.